The molecule has 0 heterocycles. The van der Waals surface area contributed by atoms with E-state index < -0.39 is 0 Å². The van der Waals surface area contributed by atoms with Gasteiger partial charge in [0.2, 0.25) is 0 Å². The van der Waals surface area contributed by atoms with Crippen LogP contribution < -0.4 is 10.6 Å². The number of benzene rings is 3. The molecule has 0 aliphatic heterocycles. The number of halogens is 1. The van der Waals surface area contributed by atoms with Crippen molar-refractivity contribution in [3.63, 3.8) is 0 Å². The van der Waals surface area contributed by atoms with Gasteiger partial charge in [-0.1, -0.05) is 38.1 Å². The smallest absolute Gasteiger partial charge is 0.255 e. The van der Waals surface area contributed by atoms with Crippen LogP contribution in [0.1, 0.15) is 51.6 Å². The van der Waals surface area contributed by atoms with Gasteiger partial charge in [0.1, 0.15) is 5.82 Å². The largest absolute Gasteiger partial charge is 0.348 e. The van der Waals surface area contributed by atoms with E-state index in [1.165, 1.54) is 17.7 Å². The van der Waals surface area contributed by atoms with Crippen LogP contribution in [-0.4, -0.2) is 11.8 Å². The van der Waals surface area contributed by atoms with Gasteiger partial charge >= 0.3 is 0 Å². The van der Waals surface area contributed by atoms with Gasteiger partial charge in [-0.05, 0) is 65.6 Å². The molecule has 0 bridgehead atoms. The zero-order valence-corrected chi connectivity index (χ0v) is 16.4. The summed E-state index contributed by atoms with van der Waals surface area (Å²) in [6, 6.07) is 20.1. The van der Waals surface area contributed by atoms with E-state index in [4.69, 9.17) is 0 Å². The monoisotopic (exact) mass is 390 g/mol. The van der Waals surface area contributed by atoms with Crippen LogP contribution in [0.15, 0.2) is 72.8 Å². The van der Waals surface area contributed by atoms with E-state index in [0.29, 0.717) is 23.6 Å². The maximum Gasteiger partial charge on any atom is 0.255 e. The Morgan fingerprint density at radius 3 is 1.90 bits per heavy atom. The first-order valence-corrected chi connectivity index (χ1v) is 9.46. The van der Waals surface area contributed by atoms with E-state index in [1.54, 1.807) is 36.4 Å². The van der Waals surface area contributed by atoms with Crippen molar-refractivity contribution in [1.82, 2.24) is 5.32 Å². The minimum absolute atomic E-state index is 0.236. The number of rotatable bonds is 6. The first kappa shape index (κ1) is 20.3. The molecule has 0 fully saturated rings. The van der Waals surface area contributed by atoms with Gasteiger partial charge in [0.25, 0.3) is 11.8 Å². The highest BCUT2D eigenvalue weighted by molar-refractivity contribution is 6.05. The Hall–Kier alpha value is -3.47. The number of hydrogen-bond acceptors (Lipinski definition) is 2. The van der Waals surface area contributed by atoms with E-state index in [-0.39, 0.29) is 17.6 Å². The van der Waals surface area contributed by atoms with Gasteiger partial charge in [-0.2, -0.15) is 0 Å². The number of carbonyl (C=O) groups excluding carboxylic acids is 2. The van der Waals surface area contributed by atoms with Crippen molar-refractivity contribution in [3.8, 4) is 0 Å². The molecule has 0 unspecified atom stereocenters. The lowest BCUT2D eigenvalue weighted by atomic mass is 10.0. The van der Waals surface area contributed by atoms with Crippen molar-refractivity contribution < 1.29 is 14.0 Å². The molecule has 0 saturated carbocycles. The normalized spacial score (nSPS) is 10.6. The summed E-state index contributed by atoms with van der Waals surface area (Å²) in [7, 11) is 0. The molecule has 0 atom stereocenters. The molecule has 3 aromatic carbocycles. The lowest BCUT2D eigenvalue weighted by Crippen LogP contribution is -2.23. The third-order valence-electron chi connectivity index (χ3n) is 4.61. The number of anilines is 1. The number of carbonyl (C=O) groups is 2. The molecule has 0 aromatic heterocycles. The Balaban J connectivity index is 1.57. The second-order valence-electron chi connectivity index (χ2n) is 7.12. The van der Waals surface area contributed by atoms with Crippen molar-refractivity contribution >= 4 is 17.5 Å². The summed E-state index contributed by atoms with van der Waals surface area (Å²) in [4.78, 5) is 24.7. The van der Waals surface area contributed by atoms with E-state index in [9.17, 15) is 14.0 Å². The number of hydrogen-bond donors (Lipinski definition) is 2. The summed E-state index contributed by atoms with van der Waals surface area (Å²) in [6.07, 6.45) is 0. The Morgan fingerprint density at radius 1 is 0.793 bits per heavy atom. The lowest BCUT2D eigenvalue weighted by molar-refractivity contribution is 0.0949. The highest BCUT2D eigenvalue weighted by atomic mass is 19.1. The first-order valence-electron chi connectivity index (χ1n) is 9.46. The average Bonchev–Trinajstić information content (AvgIpc) is 2.73. The lowest BCUT2D eigenvalue weighted by Gasteiger charge is -2.09. The molecule has 2 amide bonds. The molecule has 0 saturated heterocycles. The minimum Gasteiger partial charge on any atom is -0.348 e. The zero-order valence-electron chi connectivity index (χ0n) is 16.4. The van der Waals surface area contributed by atoms with Crippen LogP contribution in [0.25, 0.3) is 0 Å². The van der Waals surface area contributed by atoms with Gasteiger partial charge < -0.3 is 10.6 Å². The van der Waals surface area contributed by atoms with Gasteiger partial charge in [0, 0.05) is 23.4 Å². The summed E-state index contributed by atoms with van der Waals surface area (Å²) in [6.45, 7) is 4.53. The maximum atomic E-state index is 12.9. The average molecular weight is 390 g/mol. The van der Waals surface area contributed by atoms with Gasteiger partial charge in [-0.3, -0.25) is 9.59 Å². The molecule has 3 aromatic rings. The SMILES string of the molecule is CC(C)c1ccc(NC(=O)c2ccc(C(=O)NCc3ccc(F)cc3)cc2)cc1. The molecule has 29 heavy (non-hydrogen) atoms. The molecular weight excluding hydrogens is 367 g/mol. The van der Waals surface area contributed by atoms with E-state index in [0.717, 1.165) is 11.3 Å². The summed E-state index contributed by atoms with van der Waals surface area (Å²) in [5.41, 5.74) is 3.65. The molecule has 3 rings (SSSR count). The molecule has 0 aliphatic carbocycles. The molecule has 2 N–H and O–H groups in total. The van der Waals surface area contributed by atoms with Crippen LogP contribution >= 0.6 is 0 Å². The van der Waals surface area contributed by atoms with E-state index in [1.807, 2.05) is 24.3 Å². The van der Waals surface area contributed by atoms with Crippen molar-refractivity contribution in [2.45, 2.75) is 26.3 Å². The fourth-order valence-electron chi connectivity index (χ4n) is 2.81. The molecule has 0 spiro atoms. The van der Waals surface area contributed by atoms with E-state index >= 15 is 0 Å². The van der Waals surface area contributed by atoms with Crippen LogP contribution in [0.4, 0.5) is 10.1 Å². The topological polar surface area (TPSA) is 58.2 Å². The minimum atomic E-state index is -0.315. The Kier molecular flexibility index (Phi) is 6.39. The Bertz CT molecular complexity index is 979. The summed E-state index contributed by atoms with van der Waals surface area (Å²) in [5.74, 6) is -0.377. The third kappa shape index (κ3) is 5.51. The fraction of sp³-hybridized carbons (Fsp3) is 0.167. The van der Waals surface area contributed by atoms with Crippen LogP contribution in [0, 0.1) is 5.82 Å². The second kappa shape index (κ2) is 9.15. The van der Waals surface area contributed by atoms with Gasteiger partial charge in [-0.15, -0.1) is 0 Å². The van der Waals surface area contributed by atoms with Crippen molar-refractivity contribution in [1.29, 1.82) is 0 Å². The van der Waals surface area contributed by atoms with Crippen molar-refractivity contribution in [2.75, 3.05) is 5.32 Å². The first-order chi connectivity index (χ1) is 13.9. The summed E-state index contributed by atoms with van der Waals surface area (Å²) < 4.78 is 12.9. The van der Waals surface area contributed by atoms with Gasteiger partial charge in [0.05, 0.1) is 0 Å². The summed E-state index contributed by atoms with van der Waals surface area (Å²) in [5, 5.41) is 5.63. The van der Waals surface area contributed by atoms with Gasteiger partial charge in [0.15, 0.2) is 0 Å². The number of amides is 2. The molecular formula is C24H23FN2O2. The van der Waals surface area contributed by atoms with Crippen LogP contribution in [-0.2, 0) is 6.54 Å². The van der Waals surface area contributed by atoms with Crippen LogP contribution in [0.5, 0.6) is 0 Å². The number of nitrogens with one attached hydrogen (secondary N) is 2. The van der Waals surface area contributed by atoms with E-state index in [2.05, 4.69) is 24.5 Å². The molecule has 0 aliphatic rings. The van der Waals surface area contributed by atoms with Crippen molar-refractivity contribution in [2.24, 2.45) is 0 Å². The molecule has 4 nitrogen and oxygen atoms in total. The Labute approximate surface area is 169 Å². The fourth-order valence-corrected chi connectivity index (χ4v) is 2.81. The van der Waals surface area contributed by atoms with Gasteiger partial charge in [-0.25, -0.2) is 4.39 Å². The maximum absolute atomic E-state index is 12.9. The quantitative estimate of drug-likeness (QED) is 0.613. The molecule has 0 radical (unpaired) electrons. The summed E-state index contributed by atoms with van der Waals surface area (Å²) >= 11 is 0. The highest BCUT2D eigenvalue weighted by Gasteiger charge is 2.10. The third-order valence-corrected chi connectivity index (χ3v) is 4.61. The predicted octanol–water partition coefficient (Wildman–Crippen LogP) is 5.13. The van der Waals surface area contributed by atoms with Crippen LogP contribution in [0.2, 0.25) is 0 Å². The van der Waals surface area contributed by atoms with Crippen LogP contribution in [0.3, 0.4) is 0 Å². The standard InChI is InChI=1S/C24H23FN2O2/c1-16(2)18-9-13-22(14-10-18)27-24(29)20-7-5-19(6-8-20)23(28)26-15-17-3-11-21(25)12-4-17/h3-14,16H,15H2,1-2H3,(H,26,28)(H,27,29). The predicted molar refractivity (Wildman–Crippen MR) is 112 cm³/mol. The van der Waals surface area contributed by atoms with Crippen molar-refractivity contribution in [3.05, 3.63) is 101 Å². The highest BCUT2D eigenvalue weighted by Crippen LogP contribution is 2.18. The Morgan fingerprint density at radius 2 is 1.34 bits per heavy atom. The molecule has 5 heteroatoms. The zero-order chi connectivity index (χ0) is 20.8. The second-order valence-corrected chi connectivity index (χ2v) is 7.12. The molecule has 148 valence electrons.